The highest BCUT2D eigenvalue weighted by Crippen LogP contribution is 2.15. The maximum Gasteiger partial charge on any atom is 0.407 e. The molecule has 1 atom stereocenters. The molecule has 0 fully saturated rings. The van der Waals surface area contributed by atoms with Crippen molar-refractivity contribution in [3.8, 4) is 0 Å². The van der Waals surface area contributed by atoms with Gasteiger partial charge in [0, 0.05) is 19.8 Å². The van der Waals surface area contributed by atoms with Crippen LogP contribution in [0.25, 0.3) is 0 Å². The van der Waals surface area contributed by atoms with Gasteiger partial charge in [-0.25, -0.2) is 4.79 Å². The quantitative estimate of drug-likeness (QED) is 0.0653. The summed E-state index contributed by atoms with van der Waals surface area (Å²) in [6.45, 7) is 9.49. The third-order valence-corrected chi connectivity index (χ3v) is 9.72. The molecule has 0 saturated carbocycles. The highest BCUT2D eigenvalue weighted by molar-refractivity contribution is 5.67. The zero-order valence-electron chi connectivity index (χ0n) is 33.1. The van der Waals surface area contributed by atoms with Gasteiger partial charge in [-0.1, -0.05) is 213 Å². The first-order chi connectivity index (χ1) is 23.7. The molecule has 0 aliphatic rings. The van der Waals surface area contributed by atoms with Gasteiger partial charge in [0.15, 0.2) is 0 Å². The normalized spacial score (nSPS) is 12.1. The van der Waals surface area contributed by atoms with Crippen LogP contribution in [0, 0.1) is 0 Å². The Morgan fingerprint density at radius 2 is 0.750 bits per heavy atom. The van der Waals surface area contributed by atoms with E-state index >= 15 is 0 Å². The van der Waals surface area contributed by atoms with Gasteiger partial charge < -0.3 is 19.5 Å². The second-order valence-corrected chi connectivity index (χ2v) is 14.7. The van der Waals surface area contributed by atoms with Gasteiger partial charge in [-0.15, -0.1) is 0 Å². The van der Waals surface area contributed by atoms with E-state index in [0.717, 1.165) is 25.9 Å². The molecular formula is C43H87NO4. The minimum absolute atomic E-state index is 0.185. The Bertz CT molecular complexity index is 601. The summed E-state index contributed by atoms with van der Waals surface area (Å²) in [6, 6.07) is 0. The second kappa shape index (κ2) is 42.4. The van der Waals surface area contributed by atoms with Crippen LogP contribution in [-0.4, -0.2) is 45.2 Å². The lowest BCUT2D eigenvalue weighted by molar-refractivity contribution is -0.0468. The summed E-state index contributed by atoms with van der Waals surface area (Å²) in [5, 5.41) is 2.78. The molecule has 0 spiro atoms. The predicted molar refractivity (Wildman–Crippen MR) is 209 cm³/mol. The van der Waals surface area contributed by atoms with Crippen molar-refractivity contribution in [2.24, 2.45) is 0 Å². The van der Waals surface area contributed by atoms with E-state index in [4.69, 9.17) is 14.2 Å². The van der Waals surface area contributed by atoms with Crippen LogP contribution in [0.1, 0.15) is 233 Å². The van der Waals surface area contributed by atoms with Crippen molar-refractivity contribution >= 4 is 6.09 Å². The van der Waals surface area contributed by atoms with Crippen LogP contribution in [-0.2, 0) is 14.2 Å². The van der Waals surface area contributed by atoms with Gasteiger partial charge in [-0.2, -0.15) is 0 Å². The van der Waals surface area contributed by atoms with Gasteiger partial charge in [0.05, 0.1) is 6.61 Å². The number of hydrogen-bond acceptors (Lipinski definition) is 4. The zero-order chi connectivity index (χ0) is 34.9. The van der Waals surface area contributed by atoms with E-state index in [0.29, 0.717) is 19.8 Å². The Balaban J connectivity index is 3.74. The summed E-state index contributed by atoms with van der Waals surface area (Å²) >= 11 is 0. The fourth-order valence-electron chi connectivity index (χ4n) is 6.46. The van der Waals surface area contributed by atoms with Crippen LogP contribution in [0.2, 0.25) is 0 Å². The lowest BCUT2D eigenvalue weighted by Gasteiger charge is -2.18. The Kier molecular flexibility index (Phi) is 41.6. The number of carbonyl (C=O) groups is 1. The van der Waals surface area contributed by atoms with Gasteiger partial charge in [0.1, 0.15) is 12.7 Å². The SMILES string of the molecule is CCCCCCCCCCCCCCCCCCOCC(COC(=O)NCCC)OCCCCCCCCCCCCCCCCCC. The van der Waals surface area contributed by atoms with E-state index < -0.39 is 0 Å². The van der Waals surface area contributed by atoms with Gasteiger partial charge in [0.2, 0.25) is 0 Å². The molecule has 0 radical (unpaired) electrons. The number of alkyl carbamates (subject to hydrolysis) is 1. The molecule has 0 aliphatic carbocycles. The summed E-state index contributed by atoms with van der Waals surface area (Å²) in [5.41, 5.74) is 0. The highest BCUT2D eigenvalue weighted by atomic mass is 16.6. The number of nitrogens with one attached hydrogen (secondary N) is 1. The first-order valence-corrected chi connectivity index (χ1v) is 21.8. The molecule has 0 aliphatic heterocycles. The summed E-state index contributed by atoms with van der Waals surface area (Å²) in [6.07, 6.45) is 44.3. The Hall–Kier alpha value is -0.810. The van der Waals surface area contributed by atoms with Gasteiger partial charge in [0.25, 0.3) is 0 Å². The van der Waals surface area contributed by atoms with E-state index in [9.17, 15) is 4.79 Å². The monoisotopic (exact) mass is 682 g/mol. The Morgan fingerprint density at radius 1 is 0.417 bits per heavy atom. The fourth-order valence-corrected chi connectivity index (χ4v) is 6.46. The number of unbranched alkanes of at least 4 members (excludes halogenated alkanes) is 30. The zero-order valence-corrected chi connectivity index (χ0v) is 33.1. The molecule has 1 N–H and O–H groups in total. The van der Waals surface area contributed by atoms with E-state index in [2.05, 4.69) is 19.2 Å². The molecule has 48 heavy (non-hydrogen) atoms. The van der Waals surface area contributed by atoms with Crippen molar-refractivity contribution in [2.75, 3.05) is 33.0 Å². The number of hydrogen-bond donors (Lipinski definition) is 1. The molecule has 288 valence electrons. The van der Waals surface area contributed by atoms with Gasteiger partial charge >= 0.3 is 6.09 Å². The molecule has 5 heteroatoms. The lowest BCUT2D eigenvalue weighted by Crippen LogP contribution is -2.32. The van der Waals surface area contributed by atoms with Crippen molar-refractivity contribution in [2.45, 2.75) is 239 Å². The van der Waals surface area contributed by atoms with E-state index in [1.807, 2.05) is 6.92 Å². The fraction of sp³-hybridized carbons (Fsp3) is 0.977. The topological polar surface area (TPSA) is 56.8 Å². The molecule has 0 aromatic rings. The molecule has 0 bridgehead atoms. The van der Waals surface area contributed by atoms with Crippen molar-refractivity contribution in [1.29, 1.82) is 0 Å². The van der Waals surface area contributed by atoms with Gasteiger partial charge in [-0.05, 0) is 19.3 Å². The largest absolute Gasteiger partial charge is 0.447 e. The smallest absolute Gasteiger partial charge is 0.407 e. The number of ether oxygens (including phenoxy) is 3. The number of rotatable bonds is 41. The second-order valence-electron chi connectivity index (χ2n) is 14.7. The maximum absolute atomic E-state index is 12.0. The minimum atomic E-state index is -0.356. The van der Waals surface area contributed by atoms with Crippen LogP contribution >= 0.6 is 0 Å². The van der Waals surface area contributed by atoms with Crippen LogP contribution < -0.4 is 5.32 Å². The lowest BCUT2D eigenvalue weighted by atomic mass is 10.0. The molecule has 0 saturated heterocycles. The van der Waals surface area contributed by atoms with E-state index in [1.54, 1.807) is 0 Å². The minimum Gasteiger partial charge on any atom is -0.447 e. The first kappa shape index (κ1) is 47.2. The molecule has 5 nitrogen and oxygen atoms in total. The van der Waals surface area contributed by atoms with Crippen LogP contribution in [0.4, 0.5) is 4.79 Å². The summed E-state index contributed by atoms with van der Waals surface area (Å²) in [4.78, 5) is 12.0. The molecule has 0 rings (SSSR count). The Labute approximate surface area is 301 Å². The first-order valence-electron chi connectivity index (χ1n) is 21.8. The molecule has 1 amide bonds. The molecule has 0 aromatic carbocycles. The molecule has 1 unspecified atom stereocenters. The Morgan fingerprint density at radius 3 is 1.10 bits per heavy atom. The number of amides is 1. The predicted octanol–water partition coefficient (Wildman–Crippen LogP) is 14.0. The third-order valence-electron chi connectivity index (χ3n) is 9.72. The third kappa shape index (κ3) is 39.6. The van der Waals surface area contributed by atoms with Crippen LogP contribution in [0.3, 0.4) is 0 Å². The average molecular weight is 682 g/mol. The average Bonchev–Trinajstić information content (AvgIpc) is 3.10. The molecular weight excluding hydrogens is 594 g/mol. The van der Waals surface area contributed by atoms with Crippen molar-refractivity contribution < 1.29 is 19.0 Å². The van der Waals surface area contributed by atoms with E-state index in [1.165, 1.54) is 193 Å². The van der Waals surface area contributed by atoms with Crippen LogP contribution in [0.5, 0.6) is 0 Å². The standard InChI is InChI=1S/C43H87NO4/c1-4-7-9-11-13-15-17-19-21-23-25-27-29-31-33-35-38-46-40-42(41-48-43(45)44-37-6-3)47-39-36-34-32-30-28-26-24-22-20-18-16-14-12-10-8-5-2/h42H,4-41H2,1-3H3,(H,44,45). The summed E-state index contributed by atoms with van der Waals surface area (Å²) < 4.78 is 17.5. The molecule has 0 aromatic heterocycles. The van der Waals surface area contributed by atoms with Crippen molar-refractivity contribution in [1.82, 2.24) is 5.32 Å². The van der Waals surface area contributed by atoms with Crippen LogP contribution in [0.15, 0.2) is 0 Å². The van der Waals surface area contributed by atoms with Crippen molar-refractivity contribution in [3.05, 3.63) is 0 Å². The summed E-state index contributed by atoms with van der Waals surface area (Å²) in [5.74, 6) is 0. The number of carbonyl (C=O) groups excluding carboxylic acids is 1. The maximum atomic E-state index is 12.0. The highest BCUT2D eigenvalue weighted by Gasteiger charge is 2.13. The van der Waals surface area contributed by atoms with Crippen molar-refractivity contribution in [3.63, 3.8) is 0 Å². The molecule has 0 heterocycles. The summed E-state index contributed by atoms with van der Waals surface area (Å²) in [7, 11) is 0. The van der Waals surface area contributed by atoms with Gasteiger partial charge in [-0.3, -0.25) is 0 Å². The van der Waals surface area contributed by atoms with E-state index in [-0.39, 0.29) is 18.8 Å².